The first kappa shape index (κ1) is 16.0. The van der Waals surface area contributed by atoms with Gasteiger partial charge in [0.2, 0.25) is 0 Å². The van der Waals surface area contributed by atoms with Gasteiger partial charge in [0.15, 0.2) is 23.2 Å². The Morgan fingerprint density at radius 2 is 2.08 bits per heavy atom. The first-order valence-electron chi connectivity index (χ1n) is 7.86. The lowest BCUT2D eigenvalue weighted by atomic mass is 10.1. The van der Waals surface area contributed by atoms with Gasteiger partial charge in [-0.15, -0.1) is 10.2 Å². The minimum atomic E-state index is 0.348. The second kappa shape index (κ2) is 7.12. The van der Waals surface area contributed by atoms with E-state index in [1.54, 1.807) is 7.05 Å². The molecule has 8 nitrogen and oxygen atoms in total. The molecule has 0 unspecified atom stereocenters. The quantitative estimate of drug-likeness (QED) is 0.547. The van der Waals surface area contributed by atoms with Gasteiger partial charge in [-0.05, 0) is 18.1 Å². The summed E-state index contributed by atoms with van der Waals surface area (Å²) in [4.78, 5) is 4.20. The second-order valence-electron chi connectivity index (χ2n) is 5.70. The summed E-state index contributed by atoms with van der Waals surface area (Å²) in [5.74, 6) is 2.59. The summed E-state index contributed by atoms with van der Waals surface area (Å²) >= 11 is 0. The van der Waals surface area contributed by atoms with Gasteiger partial charge in [0.25, 0.3) is 0 Å². The van der Waals surface area contributed by atoms with Gasteiger partial charge in [0.05, 0.1) is 18.8 Å². The lowest BCUT2D eigenvalue weighted by Crippen LogP contribution is -2.36. The molecule has 3 aromatic heterocycles. The van der Waals surface area contributed by atoms with E-state index in [1.165, 1.54) is 0 Å². The molecule has 3 heterocycles. The zero-order chi connectivity index (χ0) is 16.9. The van der Waals surface area contributed by atoms with Crippen LogP contribution in [0.3, 0.4) is 0 Å². The molecule has 0 fully saturated rings. The van der Waals surface area contributed by atoms with Gasteiger partial charge in [-0.25, -0.2) is 0 Å². The van der Waals surface area contributed by atoms with Crippen LogP contribution in [0.4, 0.5) is 0 Å². The number of rotatable bonds is 5. The summed E-state index contributed by atoms with van der Waals surface area (Å²) < 4.78 is 7.24. The van der Waals surface area contributed by atoms with Gasteiger partial charge in [-0.3, -0.25) is 9.39 Å². The molecular weight excluding hydrogens is 306 g/mol. The lowest BCUT2D eigenvalue weighted by Gasteiger charge is -2.09. The average molecular weight is 327 g/mol. The van der Waals surface area contributed by atoms with Crippen LogP contribution in [0, 0.1) is 0 Å². The van der Waals surface area contributed by atoms with Crippen molar-refractivity contribution < 1.29 is 4.52 Å². The summed E-state index contributed by atoms with van der Waals surface area (Å²) in [6.07, 6.45) is 1.94. The molecule has 0 saturated carbocycles. The van der Waals surface area contributed by atoms with Crippen LogP contribution >= 0.6 is 0 Å². The zero-order valence-electron chi connectivity index (χ0n) is 14.0. The highest BCUT2D eigenvalue weighted by Gasteiger charge is 2.09. The normalized spacial score (nSPS) is 12.1. The molecule has 0 bridgehead atoms. The fraction of sp³-hybridized carbons (Fsp3) is 0.375. The van der Waals surface area contributed by atoms with Crippen molar-refractivity contribution in [3.8, 4) is 0 Å². The number of aliphatic imine (C=N–C) groups is 1. The Labute approximate surface area is 140 Å². The van der Waals surface area contributed by atoms with Gasteiger partial charge in [-0.1, -0.05) is 25.1 Å². The topological polar surface area (TPSA) is 92.6 Å². The molecule has 0 aliphatic carbocycles. The molecule has 3 rings (SSSR count). The molecule has 2 N–H and O–H groups in total. The second-order valence-corrected chi connectivity index (χ2v) is 5.70. The van der Waals surface area contributed by atoms with Crippen molar-refractivity contribution in [1.29, 1.82) is 0 Å². The van der Waals surface area contributed by atoms with E-state index in [0.717, 1.165) is 22.9 Å². The van der Waals surface area contributed by atoms with Crippen molar-refractivity contribution in [2.45, 2.75) is 32.9 Å². The van der Waals surface area contributed by atoms with Gasteiger partial charge in [0, 0.05) is 19.3 Å². The van der Waals surface area contributed by atoms with Crippen LogP contribution in [0.15, 0.2) is 40.0 Å². The third kappa shape index (κ3) is 3.53. The predicted octanol–water partition coefficient (Wildman–Crippen LogP) is 1.71. The van der Waals surface area contributed by atoms with Gasteiger partial charge in [-0.2, -0.15) is 0 Å². The molecule has 0 atom stereocenters. The number of nitrogens with zero attached hydrogens (tertiary/aromatic N) is 5. The number of fused-ring (bicyclic) bond motifs is 1. The highest BCUT2D eigenvalue weighted by molar-refractivity contribution is 5.79. The molecule has 0 amide bonds. The molecule has 0 aliphatic heterocycles. The number of pyridine rings is 1. The average Bonchev–Trinajstić information content (AvgIpc) is 3.22. The van der Waals surface area contributed by atoms with Crippen molar-refractivity contribution >= 4 is 11.6 Å². The summed E-state index contributed by atoms with van der Waals surface area (Å²) in [5, 5.41) is 18.8. The van der Waals surface area contributed by atoms with E-state index in [-0.39, 0.29) is 0 Å². The third-order valence-corrected chi connectivity index (χ3v) is 3.62. The van der Waals surface area contributed by atoms with Crippen molar-refractivity contribution in [1.82, 2.24) is 30.4 Å². The lowest BCUT2D eigenvalue weighted by molar-refractivity contribution is 0.372. The Kier molecular flexibility index (Phi) is 4.74. The van der Waals surface area contributed by atoms with Crippen LogP contribution in [-0.4, -0.2) is 32.8 Å². The van der Waals surface area contributed by atoms with Crippen molar-refractivity contribution in [2.24, 2.45) is 4.99 Å². The standard InChI is InChI=1S/C16H21N7O/c1-11(2)13-8-12(24-22-13)9-18-16(17-3)19-10-15-21-20-14-6-4-5-7-23(14)15/h4-8,11H,9-10H2,1-3H3,(H2,17,18,19). The maximum absolute atomic E-state index is 5.31. The number of hydrogen-bond acceptors (Lipinski definition) is 5. The Morgan fingerprint density at radius 3 is 2.83 bits per heavy atom. The third-order valence-electron chi connectivity index (χ3n) is 3.62. The van der Waals surface area contributed by atoms with Crippen molar-refractivity contribution in [3.05, 3.63) is 47.7 Å². The van der Waals surface area contributed by atoms with E-state index < -0.39 is 0 Å². The molecule has 8 heteroatoms. The minimum Gasteiger partial charge on any atom is -0.359 e. The molecule has 0 saturated heterocycles. The first-order chi connectivity index (χ1) is 11.7. The molecule has 0 spiro atoms. The van der Waals surface area contributed by atoms with Crippen LogP contribution < -0.4 is 10.6 Å². The fourth-order valence-corrected chi connectivity index (χ4v) is 2.25. The highest BCUT2D eigenvalue weighted by Crippen LogP contribution is 2.13. The summed E-state index contributed by atoms with van der Waals surface area (Å²) in [7, 11) is 1.72. The van der Waals surface area contributed by atoms with Gasteiger partial charge in [0.1, 0.15) is 0 Å². The van der Waals surface area contributed by atoms with Crippen LogP contribution in [0.1, 0.15) is 37.0 Å². The van der Waals surface area contributed by atoms with E-state index in [1.807, 2.05) is 34.9 Å². The van der Waals surface area contributed by atoms with Crippen LogP contribution in [0.5, 0.6) is 0 Å². The van der Waals surface area contributed by atoms with Crippen LogP contribution in [-0.2, 0) is 13.1 Å². The number of nitrogens with one attached hydrogen (secondary N) is 2. The Morgan fingerprint density at radius 1 is 1.25 bits per heavy atom. The molecule has 126 valence electrons. The smallest absolute Gasteiger partial charge is 0.191 e. The Bertz CT molecular complexity index is 834. The number of hydrogen-bond donors (Lipinski definition) is 2. The van der Waals surface area contributed by atoms with Crippen molar-refractivity contribution in [2.75, 3.05) is 7.05 Å². The highest BCUT2D eigenvalue weighted by atomic mass is 16.5. The van der Waals surface area contributed by atoms with Crippen LogP contribution in [0.2, 0.25) is 0 Å². The summed E-state index contributed by atoms with van der Waals surface area (Å²) in [6, 6.07) is 7.75. The van der Waals surface area contributed by atoms with E-state index >= 15 is 0 Å². The van der Waals surface area contributed by atoms with E-state index in [4.69, 9.17) is 4.52 Å². The molecule has 24 heavy (non-hydrogen) atoms. The van der Waals surface area contributed by atoms with Crippen molar-refractivity contribution in [3.63, 3.8) is 0 Å². The maximum Gasteiger partial charge on any atom is 0.191 e. The Hall–Kier alpha value is -2.90. The molecule has 0 aromatic carbocycles. The van der Waals surface area contributed by atoms with Gasteiger partial charge >= 0.3 is 0 Å². The molecule has 0 aliphatic rings. The summed E-state index contributed by atoms with van der Waals surface area (Å²) in [6.45, 7) is 5.19. The van der Waals surface area contributed by atoms with Crippen LogP contribution in [0.25, 0.3) is 5.65 Å². The SMILES string of the molecule is CN=C(NCc1cc(C(C)C)no1)NCc1nnc2ccccn12. The summed E-state index contributed by atoms with van der Waals surface area (Å²) in [5.41, 5.74) is 1.77. The Balaban J connectivity index is 1.57. The monoisotopic (exact) mass is 327 g/mol. The predicted molar refractivity (Wildman–Crippen MR) is 90.6 cm³/mol. The van der Waals surface area contributed by atoms with Gasteiger partial charge < -0.3 is 15.2 Å². The number of aromatic nitrogens is 4. The van der Waals surface area contributed by atoms with E-state index in [9.17, 15) is 0 Å². The van der Waals surface area contributed by atoms with E-state index in [2.05, 4.69) is 44.8 Å². The maximum atomic E-state index is 5.31. The number of guanidine groups is 1. The first-order valence-corrected chi connectivity index (χ1v) is 7.86. The fourth-order valence-electron chi connectivity index (χ4n) is 2.25. The largest absolute Gasteiger partial charge is 0.359 e. The van der Waals surface area contributed by atoms with E-state index in [0.29, 0.717) is 25.0 Å². The molecule has 0 radical (unpaired) electrons. The molecule has 3 aromatic rings. The minimum absolute atomic E-state index is 0.348. The molecular formula is C16H21N7O. The zero-order valence-corrected chi connectivity index (χ0v) is 14.0.